The number of nitrogens with one attached hydrogen (secondary N) is 4. The number of imidazole rings is 2. The molecule has 3 aromatic carbocycles. The average molecular weight is 706 g/mol. The first-order valence-electron chi connectivity index (χ1n) is 18.2. The Labute approximate surface area is 310 Å². The summed E-state index contributed by atoms with van der Waals surface area (Å²) in [5.41, 5.74) is 7.64. The Bertz CT molecular complexity index is 2190. The van der Waals surface area contributed by atoms with Crippen LogP contribution in [-0.4, -0.2) is 63.1 Å². The first kappa shape index (κ1) is 35.3. The molecule has 2 aromatic heterocycles. The zero-order chi connectivity index (χ0) is 36.7. The highest BCUT2D eigenvalue weighted by Gasteiger charge is 2.37. The molecule has 0 unspecified atom stereocenters. The van der Waals surface area contributed by atoms with Crippen molar-refractivity contribution in [3.05, 3.63) is 108 Å². The number of H-pyrrole nitrogens is 2. The molecule has 2 amide bonds. The summed E-state index contributed by atoms with van der Waals surface area (Å²) in [7, 11) is 1.30. The minimum absolute atomic E-state index is 0.111. The molecule has 4 N–H and O–H groups in total. The van der Waals surface area contributed by atoms with Crippen LogP contribution in [-0.2, 0) is 9.53 Å². The Balaban J connectivity index is 1.17. The van der Waals surface area contributed by atoms with Crippen LogP contribution in [0.15, 0.2) is 85.2 Å². The highest BCUT2D eigenvalue weighted by molar-refractivity contribution is 5.86. The molecule has 3 atom stereocenters. The third-order valence-corrected chi connectivity index (χ3v) is 9.91. The van der Waals surface area contributed by atoms with Crippen molar-refractivity contribution < 1.29 is 14.3 Å². The summed E-state index contributed by atoms with van der Waals surface area (Å²) in [5.74, 6) is 13.8. The minimum atomic E-state index is -0.696. The van der Waals surface area contributed by atoms with Gasteiger partial charge in [-0.15, -0.1) is 0 Å². The minimum Gasteiger partial charge on any atom is -0.453 e. The number of alkyl carbamates (subject to hydrolysis) is 1. The predicted octanol–water partition coefficient (Wildman–Crippen LogP) is 7.01. The van der Waals surface area contributed by atoms with Gasteiger partial charge < -0.3 is 30.2 Å². The van der Waals surface area contributed by atoms with Gasteiger partial charge in [0, 0.05) is 17.7 Å². The van der Waals surface area contributed by atoms with E-state index in [1.54, 1.807) is 6.20 Å². The second kappa shape index (κ2) is 16.1. The van der Waals surface area contributed by atoms with Crippen LogP contribution in [0.1, 0.15) is 74.5 Å². The molecular formula is C43H43N7O3. The van der Waals surface area contributed by atoms with Crippen molar-refractivity contribution in [3.63, 3.8) is 0 Å². The molecule has 2 saturated heterocycles. The smallest absolute Gasteiger partial charge is 0.407 e. The van der Waals surface area contributed by atoms with Crippen LogP contribution in [0.5, 0.6) is 0 Å². The maximum Gasteiger partial charge on any atom is 0.407 e. The number of carbonyl (C=O) groups excluding carboxylic acids is 2. The van der Waals surface area contributed by atoms with Crippen LogP contribution in [0.4, 0.5) is 4.79 Å². The van der Waals surface area contributed by atoms with Gasteiger partial charge in [-0.1, -0.05) is 80.4 Å². The van der Waals surface area contributed by atoms with Crippen LogP contribution in [0.25, 0.3) is 33.5 Å². The largest absolute Gasteiger partial charge is 0.453 e. The van der Waals surface area contributed by atoms with E-state index in [2.05, 4.69) is 91.7 Å². The van der Waals surface area contributed by atoms with E-state index in [0.717, 1.165) is 82.8 Å². The van der Waals surface area contributed by atoms with Crippen molar-refractivity contribution in [2.75, 3.05) is 20.2 Å². The van der Waals surface area contributed by atoms with Crippen LogP contribution in [0.3, 0.4) is 0 Å². The number of likely N-dealkylation sites (tertiary alicyclic amines) is 1. The van der Waals surface area contributed by atoms with Crippen molar-refractivity contribution in [1.29, 1.82) is 0 Å². The lowest BCUT2D eigenvalue weighted by Crippen LogP contribution is -2.51. The van der Waals surface area contributed by atoms with Crippen molar-refractivity contribution >= 4 is 12.0 Å². The molecule has 0 spiro atoms. The fraction of sp³-hybridized carbons (Fsp3) is 0.302. The number of hydrogen-bond donors (Lipinski definition) is 4. The number of aromatic nitrogens is 4. The Morgan fingerprint density at radius 3 is 2.34 bits per heavy atom. The molecule has 7 rings (SSSR count). The third-order valence-electron chi connectivity index (χ3n) is 9.91. The number of nitrogens with zero attached hydrogens (tertiary/aromatic N) is 3. The molecule has 2 aliphatic rings. The molecule has 0 bridgehead atoms. The Hall–Kier alpha value is -6.10. The molecule has 268 valence electrons. The summed E-state index contributed by atoms with van der Waals surface area (Å²) >= 11 is 0. The van der Waals surface area contributed by atoms with Crippen LogP contribution < -0.4 is 10.6 Å². The average Bonchev–Trinajstić information content (AvgIpc) is 4.03. The predicted molar refractivity (Wildman–Crippen MR) is 205 cm³/mol. The van der Waals surface area contributed by atoms with Gasteiger partial charge in [0.25, 0.3) is 0 Å². The number of hydrogen-bond acceptors (Lipinski definition) is 6. The van der Waals surface area contributed by atoms with Crippen LogP contribution >= 0.6 is 0 Å². The molecule has 10 heteroatoms. The molecule has 2 aliphatic heterocycles. The Morgan fingerprint density at radius 1 is 0.849 bits per heavy atom. The molecule has 2 fully saturated rings. The van der Waals surface area contributed by atoms with Crippen molar-refractivity contribution in [2.24, 2.45) is 5.92 Å². The molecule has 5 aromatic rings. The van der Waals surface area contributed by atoms with Crippen LogP contribution in [0, 0.1) is 29.6 Å². The topological polar surface area (TPSA) is 128 Å². The number of rotatable bonds is 8. The fourth-order valence-corrected chi connectivity index (χ4v) is 7.07. The maximum atomic E-state index is 13.7. The van der Waals surface area contributed by atoms with Crippen LogP contribution in [0.2, 0.25) is 0 Å². The Morgan fingerprint density at radius 2 is 1.58 bits per heavy atom. The molecule has 10 nitrogen and oxygen atoms in total. The number of amides is 2. The zero-order valence-corrected chi connectivity index (χ0v) is 30.2. The molecule has 0 radical (unpaired) electrons. The van der Waals surface area contributed by atoms with Crippen molar-refractivity contribution in [1.82, 2.24) is 35.5 Å². The number of methoxy groups -OCH3 is 1. The van der Waals surface area contributed by atoms with Crippen molar-refractivity contribution in [2.45, 2.75) is 57.7 Å². The van der Waals surface area contributed by atoms with Gasteiger partial charge >= 0.3 is 6.09 Å². The maximum absolute atomic E-state index is 13.7. The molecule has 53 heavy (non-hydrogen) atoms. The fourth-order valence-electron chi connectivity index (χ4n) is 7.07. The molecule has 4 heterocycles. The van der Waals surface area contributed by atoms with E-state index in [1.165, 1.54) is 7.11 Å². The Kier molecular flexibility index (Phi) is 10.7. The van der Waals surface area contributed by atoms with Gasteiger partial charge in [-0.25, -0.2) is 14.8 Å². The SMILES string of the molecule is COC(=O)N[C@H](C(=O)N1CCC[C@H]1c1ncc(-c2ccc(C#CC#Cc3cnc([C@@H]4CCCN4)[nH]3)c(-c3ccc(-c4ccccc4)cc3)c2)[nH]1)C(C)C. The summed E-state index contributed by atoms with van der Waals surface area (Å²) in [6.07, 6.45) is 6.78. The van der Waals surface area contributed by atoms with Gasteiger partial charge in [-0.05, 0) is 90.3 Å². The molecule has 0 aliphatic carbocycles. The monoisotopic (exact) mass is 705 g/mol. The van der Waals surface area contributed by atoms with Gasteiger partial charge in [0.15, 0.2) is 0 Å². The van der Waals surface area contributed by atoms with Gasteiger partial charge in [0.05, 0.1) is 37.3 Å². The van der Waals surface area contributed by atoms with Gasteiger partial charge in [0.1, 0.15) is 23.4 Å². The summed E-state index contributed by atoms with van der Waals surface area (Å²) in [6, 6.07) is 24.3. The lowest BCUT2D eigenvalue weighted by molar-refractivity contribution is -0.135. The van der Waals surface area contributed by atoms with E-state index in [9.17, 15) is 9.59 Å². The number of aromatic amines is 2. The summed E-state index contributed by atoms with van der Waals surface area (Å²) in [6.45, 7) is 5.41. The van der Waals surface area contributed by atoms with Gasteiger partial charge in [0.2, 0.25) is 5.91 Å². The standard InChI is InChI=1S/C43H43N7O3/c1-28(2)39(49-43(52)53-3)42(51)50-24-10-16-38(50)41-46-27-37(48-41)33-22-21-31(13-7-8-14-34-26-45-40(47-34)36-15-9-23-44-36)35(25-33)32-19-17-30(18-20-32)29-11-5-4-6-12-29/h4-6,11-12,17-22,25-28,36,38-39,44H,9-10,15-16,23-24H2,1-3H3,(H,45,47)(H,46,48)(H,49,52)/t36-,38-,39-/m0/s1. The summed E-state index contributed by atoms with van der Waals surface area (Å²) in [4.78, 5) is 43.6. The van der Waals surface area contributed by atoms with E-state index in [-0.39, 0.29) is 23.9 Å². The van der Waals surface area contributed by atoms with E-state index in [1.807, 2.05) is 55.3 Å². The molecular weight excluding hydrogens is 663 g/mol. The van der Waals surface area contributed by atoms with Gasteiger partial charge in [-0.3, -0.25) is 4.79 Å². The zero-order valence-electron chi connectivity index (χ0n) is 30.2. The summed E-state index contributed by atoms with van der Waals surface area (Å²) < 4.78 is 4.79. The normalized spacial score (nSPS) is 17.1. The second-order valence-corrected chi connectivity index (χ2v) is 13.8. The van der Waals surface area contributed by atoms with E-state index >= 15 is 0 Å². The van der Waals surface area contributed by atoms with Gasteiger partial charge in [-0.2, -0.15) is 0 Å². The van der Waals surface area contributed by atoms with Crippen molar-refractivity contribution in [3.8, 4) is 57.2 Å². The highest BCUT2D eigenvalue weighted by atomic mass is 16.5. The number of benzene rings is 3. The van der Waals surface area contributed by atoms with E-state index in [4.69, 9.17) is 9.72 Å². The summed E-state index contributed by atoms with van der Waals surface area (Å²) in [5, 5.41) is 6.17. The molecule has 0 saturated carbocycles. The quantitative estimate of drug-likeness (QED) is 0.129. The third kappa shape index (κ3) is 8.04. The number of carbonyl (C=O) groups is 2. The lowest BCUT2D eigenvalue weighted by atomic mass is 9.95. The van der Waals surface area contributed by atoms with E-state index < -0.39 is 12.1 Å². The highest BCUT2D eigenvalue weighted by Crippen LogP contribution is 2.35. The number of ether oxygens (including phenoxy) is 1. The lowest BCUT2D eigenvalue weighted by Gasteiger charge is -2.30. The second-order valence-electron chi connectivity index (χ2n) is 13.8. The van der Waals surface area contributed by atoms with E-state index in [0.29, 0.717) is 12.4 Å². The first-order chi connectivity index (χ1) is 25.9. The first-order valence-corrected chi connectivity index (χ1v) is 18.2.